The van der Waals surface area contributed by atoms with Gasteiger partial charge in [0.25, 0.3) is 11.8 Å². The number of ether oxygens (including phenoxy) is 13. The minimum absolute atomic E-state index is 0.0640. The molecule has 1 aromatic carbocycles. The van der Waals surface area contributed by atoms with Gasteiger partial charge in [-0.25, -0.2) is 0 Å². The molecule has 0 radical (unpaired) electrons. The van der Waals surface area contributed by atoms with E-state index in [4.69, 9.17) is 61.6 Å². The summed E-state index contributed by atoms with van der Waals surface area (Å²) >= 11 is 0. The van der Waals surface area contributed by atoms with Crippen molar-refractivity contribution >= 4 is 29.3 Å². The van der Waals surface area contributed by atoms with Crippen molar-refractivity contribution in [2.24, 2.45) is 0 Å². The van der Waals surface area contributed by atoms with E-state index in [2.05, 4.69) is 17.6 Å². The van der Waals surface area contributed by atoms with E-state index in [0.717, 1.165) is 17.9 Å². The third-order valence-corrected chi connectivity index (χ3v) is 11.4. The normalized spacial score (nSPS) is 14.7. The van der Waals surface area contributed by atoms with Gasteiger partial charge >= 0.3 is 0 Å². The lowest BCUT2D eigenvalue weighted by Gasteiger charge is -2.27. The number of rotatable bonds is 53. The van der Waals surface area contributed by atoms with Gasteiger partial charge in [0.1, 0.15) is 6.04 Å². The number of unbranched alkanes of at least 4 members (excludes halogenated alkanes) is 10. The molecule has 0 saturated carbocycles. The first kappa shape index (κ1) is 63.1. The fraction of sp³-hybridized carbons (Fsp3) is 0.808. The van der Waals surface area contributed by atoms with E-state index in [9.17, 15) is 19.2 Å². The summed E-state index contributed by atoms with van der Waals surface area (Å²) in [7, 11) is 0. The highest BCUT2D eigenvalue weighted by molar-refractivity contribution is 6.25. The first-order valence-electron chi connectivity index (χ1n) is 26.6. The van der Waals surface area contributed by atoms with Crippen molar-refractivity contribution in [3.05, 3.63) is 29.3 Å². The van der Waals surface area contributed by atoms with Crippen molar-refractivity contribution in [2.45, 2.75) is 96.4 Å². The molecule has 0 aliphatic carbocycles. The number of nitrogens with one attached hydrogen (secondary N) is 2. The predicted molar refractivity (Wildman–Crippen MR) is 269 cm³/mol. The van der Waals surface area contributed by atoms with Crippen molar-refractivity contribution in [2.75, 3.05) is 184 Å². The van der Waals surface area contributed by atoms with Crippen molar-refractivity contribution < 1.29 is 80.8 Å². The van der Waals surface area contributed by atoms with Crippen LogP contribution in [0.2, 0.25) is 0 Å². The van der Waals surface area contributed by atoms with Gasteiger partial charge in [-0.05, 0) is 25.0 Å². The third-order valence-electron chi connectivity index (χ3n) is 11.4. The molecular weight excluding hydrogens is 939 g/mol. The molecule has 20 nitrogen and oxygen atoms in total. The van der Waals surface area contributed by atoms with Crippen molar-refractivity contribution in [1.82, 2.24) is 10.2 Å². The highest BCUT2D eigenvalue weighted by Crippen LogP contribution is 2.32. The second-order valence-electron chi connectivity index (χ2n) is 17.1. The number of hydrogen-bond donors (Lipinski definition) is 2. The van der Waals surface area contributed by atoms with E-state index in [-0.39, 0.29) is 24.0 Å². The SMILES string of the molecule is CCCCCCCCCCCCCOCCOCCOCCOCCOCCOCCOCCOCCOCCOCCOCCOCCOCCNc1cccc2c1C(=O)N(C1CCC(=O)NC1=O)C2=O. The molecule has 2 N–H and O–H groups in total. The maximum Gasteiger partial charge on any atom is 0.264 e. The van der Waals surface area contributed by atoms with Gasteiger partial charge in [0.15, 0.2) is 0 Å². The summed E-state index contributed by atoms with van der Waals surface area (Å²) in [5, 5.41) is 5.34. The molecule has 0 bridgehead atoms. The topological polar surface area (TPSA) is 216 Å². The maximum absolute atomic E-state index is 13.2. The molecule has 1 atom stereocenters. The van der Waals surface area contributed by atoms with Crippen LogP contribution in [-0.2, 0) is 71.2 Å². The highest BCUT2D eigenvalue weighted by Gasteiger charge is 2.45. The van der Waals surface area contributed by atoms with Gasteiger partial charge in [0.05, 0.1) is 176 Å². The smallest absolute Gasteiger partial charge is 0.264 e. The van der Waals surface area contributed by atoms with E-state index in [1.807, 2.05) is 0 Å². The average Bonchev–Trinajstić information content (AvgIpc) is 3.64. The summed E-state index contributed by atoms with van der Waals surface area (Å²) in [5.74, 6) is -2.17. The van der Waals surface area contributed by atoms with Gasteiger partial charge in [0, 0.05) is 25.3 Å². The van der Waals surface area contributed by atoms with Gasteiger partial charge < -0.3 is 66.9 Å². The number of anilines is 1. The highest BCUT2D eigenvalue weighted by atomic mass is 16.6. The fourth-order valence-electron chi connectivity index (χ4n) is 7.53. The Morgan fingerprint density at radius 2 is 0.792 bits per heavy atom. The van der Waals surface area contributed by atoms with Crippen LogP contribution in [0.15, 0.2) is 18.2 Å². The second kappa shape index (κ2) is 45.2. The standard InChI is InChI=1S/C52H89N3O17/c1-2-3-4-5-6-7-8-9-10-11-12-19-60-21-23-62-25-27-64-29-31-66-33-35-68-37-39-70-41-43-72-44-42-71-40-38-69-36-34-67-32-30-65-28-26-63-24-22-61-20-18-53-46-15-13-14-45-49(46)52(59)55(51(45)58)47-16-17-48(56)54-50(47)57/h13-15,47,53H,2-12,16-44H2,1H3,(H,54,56,57). The van der Waals surface area contributed by atoms with E-state index in [1.54, 1.807) is 18.2 Å². The zero-order chi connectivity index (χ0) is 51.2. The van der Waals surface area contributed by atoms with Crippen LogP contribution in [0.3, 0.4) is 0 Å². The van der Waals surface area contributed by atoms with Gasteiger partial charge in [-0.2, -0.15) is 0 Å². The van der Waals surface area contributed by atoms with Crippen LogP contribution in [-0.4, -0.2) is 213 Å². The van der Waals surface area contributed by atoms with Crippen LogP contribution in [0.25, 0.3) is 0 Å². The van der Waals surface area contributed by atoms with Crippen molar-refractivity contribution in [1.29, 1.82) is 0 Å². The summed E-state index contributed by atoms with van der Waals surface area (Å²) in [5.41, 5.74) is 0.905. The number of imide groups is 2. The molecule has 2 heterocycles. The number of nitrogens with zero attached hydrogens (tertiary/aromatic N) is 1. The monoisotopic (exact) mass is 1030 g/mol. The van der Waals surface area contributed by atoms with Crippen molar-refractivity contribution in [3.8, 4) is 0 Å². The number of carbonyl (C=O) groups excluding carboxylic acids is 4. The van der Waals surface area contributed by atoms with Crippen LogP contribution in [0.5, 0.6) is 0 Å². The minimum atomic E-state index is -1.01. The lowest BCUT2D eigenvalue weighted by atomic mass is 10.0. The van der Waals surface area contributed by atoms with E-state index >= 15 is 0 Å². The second-order valence-corrected chi connectivity index (χ2v) is 17.1. The summed E-state index contributed by atoms with van der Waals surface area (Å²) in [4.78, 5) is 51.0. The molecule has 1 fully saturated rings. The number of amides is 4. The predicted octanol–water partition coefficient (Wildman–Crippen LogP) is 5.03. The number of fused-ring (bicyclic) bond motifs is 1. The van der Waals surface area contributed by atoms with Gasteiger partial charge in [-0.3, -0.25) is 29.4 Å². The first-order chi connectivity index (χ1) is 35.5. The number of hydrogen-bond acceptors (Lipinski definition) is 18. The fourth-order valence-corrected chi connectivity index (χ4v) is 7.53. The molecule has 0 aromatic heterocycles. The molecule has 0 spiro atoms. The van der Waals surface area contributed by atoms with Crippen LogP contribution in [0.4, 0.5) is 5.69 Å². The van der Waals surface area contributed by atoms with Gasteiger partial charge in [0.2, 0.25) is 11.8 Å². The molecule has 2 aliphatic heterocycles. The molecule has 414 valence electrons. The van der Waals surface area contributed by atoms with Crippen LogP contribution < -0.4 is 10.6 Å². The first-order valence-corrected chi connectivity index (χ1v) is 26.6. The Balaban J connectivity index is 0.919. The van der Waals surface area contributed by atoms with Gasteiger partial charge in [-0.1, -0.05) is 77.2 Å². The van der Waals surface area contributed by atoms with Crippen LogP contribution in [0.1, 0.15) is 111 Å². The Hall–Kier alpha value is -3.22. The molecule has 72 heavy (non-hydrogen) atoms. The number of piperidine rings is 1. The Bertz CT molecular complexity index is 1530. The Labute approximate surface area is 428 Å². The molecule has 20 heteroatoms. The minimum Gasteiger partial charge on any atom is -0.382 e. The summed E-state index contributed by atoms with van der Waals surface area (Å²) in [6.45, 7) is 15.5. The molecule has 1 unspecified atom stereocenters. The lowest BCUT2D eigenvalue weighted by Crippen LogP contribution is -2.54. The zero-order valence-electron chi connectivity index (χ0n) is 43.5. The molecule has 3 rings (SSSR count). The zero-order valence-corrected chi connectivity index (χ0v) is 43.5. The van der Waals surface area contributed by atoms with Gasteiger partial charge in [-0.15, -0.1) is 0 Å². The summed E-state index contributed by atoms with van der Waals surface area (Å²) in [6.07, 6.45) is 14.9. The summed E-state index contributed by atoms with van der Waals surface area (Å²) < 4.78 is 72.1. The number of carbonyl (C=O) groups is 4. The third kappa shape index (κ3) is 30.9. The molecule has 1 aromatic rings. The number of benzene rings is 1. The Kier molecular flexibility index (Phi) is 39.6. The molecule has 4 amide bonds. The van der Waals surface area contributed by atoms with E-state index < -0.39 is 29.7 Å². The van der Waals surface area contributed by atoms with Crippen LogP contribution in [0, 0.1) is 0 Å². The molecular formula is C52H89N3O17. The Morgan fingerprint density at radius 3 is 1.17 bits per heavy atom. The van der Waals surface area contributed by atoms with Crippen molar-refractivity contribution in [3.63, 3.8) is 0 Å². The Morgan fingerprint density at radius 1 is 0.444 bits per heavy atom. The maximum atomic E-state index is 13.2. The largest absolute Gasteiger partial charge is 0.382 e. The van der Waals surface area contributed by atoms with E-state index in [0.29, 0.717) is 177 Å². The average molecular weight is 1030 g/mol. The van der Waals surface area contributed by atoms with Crippen LogP contribution >= 0.6 is 0 Å². The quantitative estimate of drug-likeness (QED) is 0.0647. The molecule has 1 saturated heterocycles. The molecule has 2 aliphatic rings. The lowest BCUT2D eigenvalue weighted by molar-refractivity contribution is -0.136. The summed E-state index contributed by atoms with van der Waals surface area (Å²) in [6, 6.07) is 3.91. The van der Waals surface area contributed by atoms with E-state index in [1.165, 1.54) is 64.2 Å².